The van der Waals surface area contributed by atoms with Crippen LogP contribution in [0.2, 0.25) is 0 Å². The van der Waals surface area contributed by atoms with E-state index in [-0.39, 0.29) is 17.7 Å². The fourth-order valence-corrected chi connectivity index (χ4v) is 4.79. The molecule has 0 fully saturated rings. The smallest absolute Gasteiger partial charge is 0.237 e. The van der Waals surface area contributed by atoms with Crippen LogP contribution in [0.5, 0.6) is 11.5 Å². The number of aromatic hydroxyl groups is 1. The Bertz CT molecular complexity index is 1150. The van der Waals surface area contributed by atoms with Crippen molar-refractivity contribution < 1.29 is 14.6 Å². The summed E-state index contributed by atoms with van der Waals surface area (Å²) in [6.45, 7) is 4.59. The first kappa shape index (κ1) is 23.6. The average molecular weight is 460 g/mol. The van der Waals surface area contributed by atoms with Gasteiger partial charge in [0.05, 0.1) is 24.9 Å². The van der Waals surface area contributed by atoms with Crippen molar-refractivity contribution >= 4 is 11.6 Å². The molecule has 6 heteroatoms. The largest absolute Gasteiger partial charge is 0.508 e. The first-order valence-electron chi connectivity index (χ1n) is 11.7. The molecule has 2 atom stereocenters. The zero-order chi connectivity index (χ0) is 24.2. The van der Waals surface area contributed by atoms with E-state index in [9.17, 15) is 9.90 Å². The third-order valence-electron chi connectivity index (χ3n) is 6.53. The Labute approximate surface area is 201 Å². The van der Waals surface area contributed by atoms with E-state index in [2.05, 4.69) is 34.9 Å². The van der Waals surface area contributed by atoms with Crippen molar-refractivity contribution in [3.05, 3.63) is 88.0 Å². The van der Waals surface area contributed by atoms with Crippen LogP contribution in [-0.2, 0) is 17.6 Å². The number of amides is 1. The highest BCUT2D eigenvalue weighted by Crippen LogP contribution is 2.39. The van der Waals surface area contributed by atoms with Crippen LogP contribution in [0.1, 0.15) is 45.8 Å². The van der Waals surface area contributed by atoms with Gasteiger partial charge in [-0.05, 0) is 79.1 Å². The summed E-state index contributed by atoms with van der Waals surface area (Å²) < 4.78 is 5.69. The average Bonchev–Trinajstić information content (AvgIpc) is 2.81. The predicted octanol–water partition coefficient (Wildman–Crippen LogP) is 4.15. The number of nitrogens with one attached hydrogen (secondary N) is 2. The maximum atomic E-state index is 13.1. The molecule has 0 aromatic heterocycles. The van der Waals surface area contributed by atoms with Crippen LogP contribution in [0.4, 0.5) is 5.69 Å². The van der Waals surface area contributed by atoms with Gasteiger partial charge >= 0.3 is 0 Å². The summed E-state index contributed by atoms with van der Waals surface area (Å²) in [4.78, 5) is 13.1. The van der Waals surface area contributed by atoms with Crippen LogP contribution >= 0.6 is 0 Å². The minimum Gasteiger partial charge on any atom is -0.508 e. The molecule has 0 unspecified atom stereocenters. The number of phenolic OH excluding ortho intramolecular Hbond substituents is 1. The van der Waals surface area contributed by atoms with E-state index in [1.807, 2.05) is 32.0 Å². The third-order valence-corrected chi connectivity index (χ3v) is 6.53. The Morgan fingerprint density at radius 3 is 2.53 bits per heavy atom. The number of nitrogens with two attached hydrogens (primary N) is 1. The van der Waals surface area contributed by atoms with E-state index in [0.29, 0.717) is 6.42 Å². The monoisotopic (exact) mass is 459 g/mol. The van der Waals surface area contributed by atoms with Crippen molar-refractivity contribution in [3.63, 3.8) is 0 Å². The third kappa shape index (κ3) is 5.18. The fraction of sp³-hybridized carbons (Fsp3) is 0.321. The SMILES string of the molecule is COc1cc(Cc2ccccc2)cc2c1NCC[C@H]2NC(=O)[C@@H](N)Cc1c(C)cc(O)cc1C. The summed E-state index contributed by atoms with van der Waals surface area (Å²) in [7, 11) is 1.67. The highest BCUT2D eigenvalue weighted by atomic mass is 16.5. The van der Waals surface area contributed by atoms with E-state index in [4.69, 9.17) is 10.5 Å². The van der Waals surface area contributed by atoms with Crippen LogP contribution in [0, 0.1) is 13.8 Å². The summed E-state index contributed by atoms with van der Waals surface area (Å²) in [6.07, 6.45) is 1.96. The summed E-state index contributed by atoms with van der Waals surface area (Å²) >= 11 is 0. The van der Waals surface area contributed by atoms with E-state index < -0.39 is 6.04 Å². The number of hydrogen-bond acceptors (Lipinski definition) is 5. The first-order chi connectivity index (χ1) is 16.4. The van der Waals surface area contributed by atoms with Gasteiger partial charge in [-0.2, -0.15) is 0 Å². The van der Waals surface area contributed by atoms with Gasteiger partial charge in [-0.25, -0.2) is 0 Å². The van der Waals surface area contributed by atoms with Crippen molar-refractivity contribution in [2.45, 2.75) is 45.2 Å². The van der Waals surface area contributed by atoms with Gasteiger partial charge < -0.3 is 26.2 Å². The van der Waals surface area contributed by atoms with Crippen molar-refractivity contribution in [2.75, 3.05) is 19.0 Å². The molecule has 1 aliphatic heterocycles. The fourth-order valence-electron chi connectivity index (χ4n) is 4.79. The molecule has 3 aromatic rings. The molecule has 6 nitrogen and oxygen atoms in total. The van der Waals surface area contributed by atoms with Crippen LogP contribution < -0.4 is 21.1 Å². The van der Waals surface area contributed by atoms with Crippen LogP contribution in [0.25, 0.3) is 0 Å². The molecule has 178 valence electrons. The lowest BCUT2D eigenvalue weighted by atomic mass is 9.92. The lowest BCUT2D eigenvalue weighted by Gasteiger charge is -2.30. The maximum Gasteiger partial charge on any atom is 0.237 e. The normalized spacial score (nSPS) is 15.7. The molecule has 0 radical (unpaired) electrons. The van der Waals surface area contributed by atoms with Crippen LogP contribution in [0.3, 0.4) is 0 Å². The van der Waals surface area contributed by atoms with Gasteiger partial charge in [0.1, 0.15) is 11.5 Å². The second-order valence-corrected chi connectivity index (χ2v) is 9.07. The first-order valence-corrected chi connectivity index (χ1v) is 11.7. The van der Waals surface area contributed by atoms with Gasteiger partial charge in [0, 0.05) is 12.1 Å². The Morgan fingerprint density at radius 2 is 1.85 bits per heavy atom. The molecule has 0 bridgehead atoms. The van der Waals surface area contributed by atoms with E-state index in [1.54, 1.807) is 19.2 Å². The van der Waals surface area contributed by atoms with Crippen molar-refractivity contribution in [2.24, 2.45) is 5.73 Å². The second kappa shape index (κ2) is 10.2. The quantitative estimate of drug-likeness (QED) is 0.426. The summed E-state index contributed by atoms with van der Waals surface area (Å²) in [5.74, 6) is 0.822. The highest BCUT2D eigenvalue weighted by molar-refractivity contribution is 5.83. The lowest BCUT2D eigenvalue weighted by Crippen LogP contribution is -2.44. The number of rotatable bonds is 7. The lowest BCUT2D eigenvalue weighted by molar-refractivity contribution is -0.123. The molecule has 1 aliphatic rings. The molecular formula is C28H33N3O3. The molecule has 0 spiro atoms. The molecule has 0 saturated carbocycles. The van der Waals surface area contributed by atoms with E-state index >= 15 is 0 Å². The standard InChI is InChI=1S/C28H33N3O3/c1-17-11-21(32)12-18(2)22(17)16-24(29)28(33)31-25-9-10-30-27-23(25)14-20(15-26(27)34-3)13-19-7-5-4-6-8-19/h4-8,11-12,14-15,24-25,30,32H,9-10,13,16,29H2,1-3H3,(H,31,33)/t24-,25+/m0/s1. The number of methoxy groups -OCH3 is 1. The summed E-state index contributed by atoms with van der Waals surface area (Å²) in [6, 6.07) is 17.1. The molecule has 0 saturated heterocycles. The number of ether oxygens (including phenoxy) is 1. The number of anilines is 1. The molecule has 5 N–H and O–H groups in total. The Hall–Kier alpha value is -3.51. The topological polar surface area (TPSA) is 96.6 Å². The maximum absolute atomic E-state index is 13.1. The number of fused-ring (bicyclic) bond motifs is 1. The molecule has 1 amide bonds. The summed E-state index contributed by atoms with van der Waals surface area (Å²) in [5.41, 5.74) is 13.5. The van der Waals surface area contributed by atoms with Crippen molar-refractivity contribution in [1.29, 1.82) is 0 Å². The van der Waals surface area contributed by atoms with Crippen LogP contribution in [0.15, 0.2) is 54.6 Å². The second-order valence-electron chi connectivity index (χ2n) is 9.07. The Balaban J connectivity index is 1.54. The number of carbonyl (C=O) groups is 1. The zero-order valence-electron chi connectivity index (χ0n) is 20.0. The van der Waals surface area contributed by atoms with E-state index in [1.165, 1.54) is 5.56 Å². The number of carbonyl (C=O) groups excluding carboxylic acids is 1. The predicted molar refractivity (Wildman–Crippen MR) is 135 cm³/mol. The zero-order valence-corrected chi connectivity index (χ0v) is 20.0. The van der Waals surface area contributed by atoms with Crippen molar-refractivity contribution in [3.8, 4) is 11.5 Å². The molecule has 1 heterocycles. The van der Waals surface area contributed by atoms with Gasteiger partial charge in [-0.15, -0.1) is 0 Å². The molecule has 34 heavy (non-hydrogen) atoms. The van der Waals surface area contributed by atoms with Crippen molar-refractivity contribution in [1.82, 2.24) is 5.32 Å². The van der Waals surface area contributed by atoms with Crippen LogP contribution in [-0.4, -0.2) is 30.7 Å². The number of aryl methyl sites for hydroxylation is 2. The van der Waals surface area contributed by atoms with Gasteiger partial charge in [0.25, 0.3) is 0 Å². The minimum absolute atomic E-state index is 0.151. The van der Waals surface area contributed by atoms with E-state index in [0.717, 1.165) is 58.6 Å². The van der Waals surface area contributed by atoms with Gasteiger partial charge in [-0.3, -0.25) is 4.79 Å². The molecular weight excluding hydrogens is 426 g/mol. The number of hydrogen-bond donors (Lipinski definition) is 4. The molecule has 0 aliphatic carbocycles. The Morgan fingerprint density at radius 1 is 1.15 bits per heavy atom. The highest BCUT2D eigenvalue weighted by Gasteiger charge is 2.27. The summed E-state index contributed by atoms with van der Waals surface area (Å²) in [5, 5.41) is 16.4. The Kier molecular flexibility index (Phi) is 7.08. The van der Waals surface area contributed by atoms with Gasteiger partial charge in [-0.1, -0.05) is 36.4 Å². The minimum atomic E-state index is -0.685. The number of benzene rings is 3. The molecule has 4 rings (SSSR count). The number of phenols is 1. The molecule has 3 aromatic carbocycles. The van der Waals surface area contributed by atoms with Gasteiger partial charge in [0.2, 0.25) is 5.91 Å². The van der Waals surface area contributed by atoms with Gasteiger partial charge in [0.15, 0.2) is 0 Å².